The van der Waals surface area contributed by atoms with Gasteiger partial charge in [0.15, 0.2) is 0 Å². The smallest absolute Gasteiger partial charge is 0.228 e. The summed E-state index contributed by atoms with van der Waals surface area (Å²) in [6.45, 7) is 3.66. The molecule has 0 bridgehead atoms. The van der Waals surface area contributed by atoms with E-state index in [1.165, 1.54) is 17.9 Å². The van der Waals surface area contributed by atoms with E-state index in [0.29, 0.717) is 5.13 Å². The number of carbonyl (C=O) groups is 1. The van der Waals surface area contributed by atoms with Gasteiger partial charge in [-0.05, 0) is 0 Å². The van der Waals surface area contributed by atoms with Crippen LogP contribution in [0.1, 0.15) is 13.8 Å². The zero-order chi connectivity index (χ0) is 8.27. The van der Waals surface area contributed by atoms with Crippen molar-refractivity contribution >= 4 is 22.6 Å². The van der Waals surface area contributed by atoms with Gasteiger partial charge in [-0.2, -0.15) is 4.37 Å². The van der Waals surface area contributed by atoms with E-state index in [4.69, 9.17) is 0 Å². The van der Waals surface area contributed by atoms with Crippen LogP contribution in [-0.2, 0) is 4.79 Å². The molecule has 1 heterocycles. The van der Waals surface area contributed by atoms with Crippen LogP contribution in [0.5, 0.6) is 0 Å². The number of aromatic nitrogens is 2. The first-order valence-corrected chi connectivity index (χ1v) is 4.05. The number of anilines is 1. The summed E-state index contributed by atoms with van der Waals surface area (Å²) in [5.74, 6) is -0.0411. The Morgan fingerprint density at radius 3 is 2.91 bits per heavy atom. The first-order chi connectivity index (χ1) is 5.20. The van der Waals surface area contributed by atoms with Crippen molar-refractivity contribution in [3.05, 3.63) is 6.33 Å². The van der Waals surface area contributed by atoms with E-state index in [-0.39, 0.29) is 11.8 Å². The van der Waals surface area contributed by atoms with Gasteiger partial charge in [-0.1, -0.05) is 13.8 Å². The highest BCUT2D eigenvalue weighted by molar-refractivity contribution is 7.09. The van der Waals surface area contributed by atoms with Crippen LogP contribution in [0.4, 0.5) is 5.13 Å². The van der Waals surface area contributed by atoms with Crippen molar-refractivity contribution in [1.29, 1.82) is 0 Å². The lowest BCUT2D eigenvalue weighted by molar-refractivity contribution is -0.118. The zero-order valence-electron chi connectivity index (χ0n) is 6.37. The molecular formula is C6H9N3OS. The summed E-state index contributed by atoms with van der Waals surface area (Å²) in [6.07, 6.45) is 1.42. The number of nitrogens with one attached hydrogen (secondary N) is 1. The van der Waals surface area contributed by atoms with Crippen molar-refractivity contribution in [2.24, 2.45) is 5.92 Å². The van der Waals surface area contributed by atoms with Crippen molar-refractivity contribution in [3.63, 3.8) is 0 Å². The Balaban J connectivity index is 2.50. The number of rotatable bonds is 2. The van der Waals surface area contributed by atoms with Crippen LogP contribution in [0.3, 0.4) is 0 Å². The van der Waals surface area contributed by atoms with Crippen molar-refractivity contribution in [2.75, 3.05) is 5.32 Å². The monoisotopic (exact) mass is 171 g/mol. The largest absolute Gasteiger partial charge is 0.301 e. The summed E-state index contributed by atoms with van der Waals surface area (Å²) in [5, 5.41) is 3.19. The summed E-state index contributed by atoms with van der Waals surface area (Å²) < 4.78 is 3.75. The van der Waals surface area contributed by atoms with Gasteiger partial charge in [-0.3, -0.25) is 4.79 Å². The number of carbonyl (C=O) groups excluding carboxylic acids is 1. The average molecular weight is 171 g/mol. The first kappa shape index (κ1) is 8.13. The normalized spacial score (nSPS) is 10.1. The summed E-state index contributed by atoms with van der Waals surface area (Å²) in [7, 11) is 0. The van der Waals surface area contributed by atoms with Crippen LogP contribution < -0.4 is 5.32 Å². The molecule has 0 spiro atoms. The van der Waals surface area contributed by atoms with E-state index in [2.05, 4.69) is 14.7 Å². The Hall–Kier alpha value is -0.970. The summed E-state index contributed by atoms with van der Waals surface area (Å²) in [6, 6.07) is 0. The Morgan fingerprint density at radius 1 is 1.73 bits per heavy atom. The lowest BCUT2D eigenvalue weighted by Gasteiger charge is -2.01. The Morgan fingerprint density at radius 2 is 2.45 bits per heavy atom. The van der Waals surface area contributed by atoms with Gasteiger partial charge in [0.2, 0.25) is 11.0 Å². The van der Waals surface area contributed by atoms with Crippen molar-refractivity contribution < 1.29 is 4.79 Å². The lowest BCUT2D eigenvalue weighted by atomic mass is 10.2. The maximum atomic E-state index is 11.0. The second-order valence-corrected chi connectivity index (χ2v) is 3.17. The molecule has 0 radical (unpaired) electrons. The van der Waals surface area contributed by atoms with E-state index in [1.54, 1.807) is 0 Å². The molecule has 11 heavy (non-hydrogen) atoms. The van der Waals surface area contributed by atoms with E-state index in [1.807, 2.05) is 13.8 Å². The molecule has 4 nitrogen and oxygen atoms in total. The van der Waals surface area contributed by atoms with E-state index >= 15 is 0 Å². The maximum Gasteiger partial charge on any atom is 0.228 e. The molecule has 1 aromatic rings. The topological polar surface area (TPSA) is 54.9 Å². The van der Waals surface area contributed by atoms with Crippen molar-refractivity contribution in [1.82, 2.24) is 9.36 Å². The highest BCUT2D eigenvalue weighted by Crippen LogP contribution is 2.07. The molecule has 1 rings (SSSR count). The van der Waals surface area contributed by atoms with Gasteiger partial charge >= 0.3 is 0 Å². The van der Waals surface area contributed by atoms with E-state index < -0.39 is 0 Å². The van der Waals surface area contributed by atoms with Gasteiger partial charge < -0.3 is 5.32 Å². The minimum Gasteiger partial charge on any atom is -0.301 e. The molecule has 0 saturated heterocycles. The maximum absolute atomic E-state index is 11.0. The average Bonchev–Trinajstić information content (AvgIpc) is 2.39. The molecule has 0 aliphatic rings. The predicted octanol–water partition coefficient (Wildman–Crippen LogP) is 1.13. The summed E-state index contributed by atoms with van der Waals surface area (Å²) >= 11 is 1.18. The Bertz CT molecular complexity index is 232. The minimum atomic E-state index is -0.0262. The molecule has 0 saturated carbocycles. The highest BCUT2D eigenvalue weighted by atomic mass is 32.1. The van der Waals surface area contributed by atoms with Crippen molar-refractivity contribution in [3.8, 4) is 0 Å². The third-order valence-corrected chi connectivity index (χ3v) is 1.70. The van der Waals surface area contributed by atoms with Gasteiger partial charge in [0.1, 0.15) is 6.33 Å². The fourth-order valence-corrected chi connectivity index (χ4v) is 0.913. The lowest BCUT2D eigenvalue weighted by Crippen LogP contribution is -2.17. The number of hydrogen-bond donors (Lipinski definition) is 1. The van der Waals surface area contributed by atoms with Gasteiger partial charge in [-0.25, -0.2) is 4.98 Å². The fourth-order valence-electron chi connectivity index (χ4n) is 0.478. The minimum absolute atomic E-state index is 0.0149. The van der Waals surface area contributed by atoms with Crippen LogP contribution in [0.2, 0.25) is 0 Å². The van der Waals surface area contributed by atoms with Crippen LogP contribution in [0.15, 0.2) is 6.33 Å². The number of hydrogen-bond acceptors (Lipinski definition) is 4. The molecule has 1 amide bonds. The summed E-state index contributed by atoms with van der Waals surface area (Å²) in [4.78, 5) is 14.9. The molecule has 0 unspecified atom stereocenters. The molecule has 60 valence electrons. The van der Waals surface area contributed by atoms with Gasteiger partial charge in [0, 0.05) is 17.5 Å². The Labute approximate surface area is 68.8 Å². The number of nitrogens with zero attached hydrogens (tertiary/aromatic N) is 2. The third kappa shape index (κ3) is 2.27. The van der Waals surface area contributed by atoms with Crippen LogP contribution >= 0.6 is 11.5 Å². The predicted molar refractivity (Wildman–Crippen MR) is 43.4 cm³/mol. The fraction of sp³-hybridized carbons (Fsp3) is 0.500. The highest BCUT2D eigenvalue weighted by Gasteiger charge is 2.07. The van der Waals surface area contributed by atoms with Crippen LogP contribution in [-0.4, -0.2) is 15.3 Å². The van der Waals surface area contributed by atoms with Crippen LogP contribution in [0, 0.1) is 5.92 Å². The SMILES string of the molecule is CC(C)C(=O)Nc1ncns1. The molecule has 0 aliphatic heterocycles. The third-order valence-electron chi connectivity index (χ3n) is 1.12. The summed E-state index contributed by atoms with van der Waals surface area (Å²) in [5.41, 5.74) is 0. The standard InChI is InChI=1S/C6H9N3OS/c1-4(2)5(10)9-6-7-3-8-11-6/h3-4H,1-2H3,(H,7,8,9,10). The Kier molecular flexibility index (Phi) is 2.53. The van der Waals surface area contributed by atoms with E-state index in [9.17, 15) is 4.79 Å². The van der Waals surface area contributed by atoms with Crippen LogP contribution in [0.25, 0.3) is 0 Å². The van der Waals surface area contributed by atoms with E-state index in [0.717, 1.165) is 0 Å². The second kappa shape index (κ2) is 3.43. The molecule has 1 aromatic heterocycles. The van der Waals surface area contributed by atoms with Crippen molar-refractivity contribution in [2.45, 2.75) is 13.8 Å². The number of amides is 1. The zero-order valence-corrected chi connectivity index (χ0v) is 7.18. The quantitative estimate of drug-likeness (QED) is 0.725. The molecule has 0 atom stereocenters. The molecular weight excluding hydrogens is 162 g/mol. The molecule has 5 heteroatoms. The first-order valence-electron chi connectivity index (χ1n) is 3.27. The van der Waals surface area contributed by atoms with Gasteiger partial charge in [0.25, 0.3) is 0 Å². The molecule has 0 aliphatic carbocycles. The van der Waals surface area contributed by atoms with Gasteiger partial charge in [-0.15, -0.1) is 0 Å². The van der Waals surface area contributed by atoms with Gasteiger partial charge in [0.05, 0.1) is 0 Å². The molecule has 0 aromatic carbocycles. The second-order valence-electron chi connectivity index (χ2n) is 2.39. The molecule has 1 N–H and O–H groups in total. The molecule has 0 fully saturated rings.